The molecule has 0 spiro atoms. The molecule has 1 rings (SSSR count). The molecule has 1 aromatic rings. The molecule has 92 valence electrons. The van der Waals surface area contributed by atoms with Crippen LogP contribution in [0.15, 0.2) is 17.5 Å². The van der Waals surface area contributed by atoms with Gasteiger partial charge in [0.1, 0.15) is 0 Å². The topological polar surface area (TPSA) is 41.5 Å². The first-order chi connectivity index (χ1) is 7.81. The van der Waals surface area contributed by atoms with Gasteiger partial charge < -0.3 is 15.2 Å². The van der Waals surface area contributed by atoms with Crippen LogP contribution < -0.4 is 5.32 Å². The van der Waals surface area contributed by atoms with Gasteiger partial charge in [-0.3, -0.25) is 0 Å². The number of ether oxygens (including phenoxy) is 1. The summed E-state index contributed by atoms with van der Waals surface area (Å²) in [5.74, 6) is 0. The third kappa shape index (κ3) is 4.22. The van der Waals surface area contributed by atoms with Crippen molar-refractivity contribution in [1.29, 1.82) is 0 Å². The minimum absolute atomic E-state index is 0.196. The van der Waals surface area contributed by atoms with Crippen molar-refractivity contribution in [2.75, 3.05) is 20.3 Å². The highest BCUT2D eigenvalue weighted by Gasteiger charge is 2.15. The number of nitrogens with one attached hydrogen (secondary N) is 1. The van der Waals surface area contributed by atoms with Crippen molar-refractivity contribution in [3.63, 3.8) is 0 Å². The molecular weight excluding hydrogens is 222 g/mol. The molecule has 0 radical (unpaired) electrons. The highest BCUT2D eigenvalue weighted by molar-refractivity contribution is 7.10. The largest absolute Gasteiger partial charge is 0.396 e. The summed E-state index contributed by atoms with van der Waals surface area (Å²) < 4.78 is 5.15. The summed E-state index contributed by atoms with van der Waals surface area (Å²) in [4.78, 5) is 1.35. The van der Waals surface area contributed by atoms with Crippen LogP contribution >= 0.6 is 11.3 Å². The van der Waals surface area contributed by atoms with Crippen LogP contribution in [0.4, 0.5) is 0 Å². The maximum atomic E-state index is 8.99. The van der Waals surface area contributed by atoms with Gasteiger partial charge in [-0.2, -0.15) is 0 Å². The van der Waals surface area contributed by atoms with Crippen LogP contribution in [-0.2, 0) is 4.74 Å². The molecule has 1 aromatic heterocycles. The molecule has 1 heterocycles. The average molecular weight is 243 g/mol. The Balaban J connectivity index is 2.53. The standard InChI is InChI=1S/C12H21NO2S/c1-3-11(12-5-4-8-16-12)13-10(6-7-14)9-15-2/h4-5,8,10-11,13-14H,3,6-7,9H2,1-2H3. The summed E-state index contributed by atoms with van der Waals surface area (Å²) in [7, 11) is 1.69. The molecule has 0 bridgehead atoms. The third-order valence-electron chi connectivity index (χ3n) is 2.58. The quantitative estimate of drug-likeness (QED) is 0.735. The van der Waals surface area contributed by atoms with Gasteiger partial charge >= 0.3 is 0 Å². The van der Waals surface area contributed by atoms with E-state index < -0.39 is 0 Å². The van der Waals surface area contributed by atoms with Crippen molar-refractivity contribution in [1.82, 2.24) is 5.32 Å². The number of hydrogen-bond donors (Lipinski definition) is 2. The second kappa shape index (κ2) is 7.79. The van der Waals surface area contributed by atoms with Crippen LogP contribution in [0.2, 0.25) is 0 Å². The van der Waals surface area contributed by atoms with Gasteiger partial charge in [0.05, 0.1) is 6.61 Å². The van der Waals surface area contributed by atoms with Crippen molar-refractivity contribution < 1.29 is 9.84 Å². The van der Waals surface area contributed by atoms with E-state index in [1.165, 1.54) is 4.88 Å². The molecule has 0 fully saturated rings. The Hall–Kier alpha value is -0.420. The summed E-state index contributed by atoms with van der Waals surface area (Å²) in [6, 6.07) is 4.81. The van der Waals surface area contributed by atoms with Gasteiger partial charge in [-0.25, -0.2) is 0 Å². The van der Waals surface area contributed by atoms with Crippen molar-refractivity contribution >= 4 is 11.3 Å². The maximum Gasteiger partial charge on any atom is 0.0616 e. The fourth-order valence-electron chi connectivity index (χ4n) is 1.75. The molecule has 4 heteroatoms. The van der Waals surface area contributed by atoms with E-state index in [2.05, 4.69) is 29.8 Å². The molecule has 3 nitrogen and oxygen atoms in total. The highest BCUT2D eigenvalue weighted by Crippen LogP contribution is 2.22. The highest BCUT2D eigenvalue weighted by atomic mass is 32.1. The van der Waals surface area contributed by atoms with E-state index in [0.717, 1.165) is 12.8 Å². The van der Waals surface area contributed by atoms with Crippen LogP contribution in [0.5, 0.6) is 0 Å². The van der Waals surface area contributed by atoms with Gasteiger partial charge in [0.25, 0.3) is 0 Å². The Labute approximate surface area is 101 Å². The van der Waals surface area contributed by atoms with Gasteiger partial charge in [-0.15, -0.1) is 11.3 Å². The van der Waals surface area contributed by atoms with Gasteiger partial charge in [-0.05, 0) is 24.3 Å². The molecular formula is C12H21NO2S. The van der Waals surface area contributed by atoms with Crippen molar-refractivity contribution in [3.05, 3.63) is 22.4 Å². The predicted molar refractivity (Wildman–Crippen MR) is 67.9 cm³/mol. The predicted octanol–water partition coefficient (Wildman–Crippen LogP) is 2.19. The lowest BCUT2D eigenvalue weighted by molar-refractivity contribution is 0.142. The molecule has 2 atom stereocenters. The van der Waals surface area contributed by atoms with Crippen LogP contribution in [0.1, 0.15) is 30.7 Å². The number of rotatable bonds is 8. The fourth-order valence-corrected chi connectivity index (χ4v) is 2.62. The van der Waals surface area contributed by atoms with E-state index >= 15 is 0 Å². The number of thiophene rings is 1. The van der Waals surface area contributed by atoms with E-state index in [9.17, 15) is 0 Å². The van der Waals surface area contributed by atoms with Crippen molar-refractivity contribution in [2.45, 2.75) is 31.8 Å². The Kier molecular flexibility index (Phi) is 6.64. The molecule has 0 aliphatic carbocycles. The van der Waals surface area contributed by atoms with Crippen LogP contribution in [-0.4, -0.2) is 31.5 Å². The average Bonchev–Trinajstić information content (AvgIpc) is 2.79. The van der Waals surface area contributed by atoms with Crippen LogP contribution in [0.25, 0.3) is 0 Å². The molecule has 0 saturated carbocycles. The summed E-state index contributed by atoms with van der Waals surface area (Å²) in [5, 5.41) is 14.6. The van der Waals surface area contributed by atoms with Gasteiger partial charge in [0.15, 0.2) is 0 Å². The minimum Gasteiger partial charge on any atom is -0.396 e. The van der Waals surface area contributed by atoms with Crippen LogP contribution in [0, 0.1) is 0 Å². The molecule has 2 unspecified atom stereocenters. The number of aliphatic hydroxyl groups is 1. The van der Waals surface area contributed by atoms with E-state index in [1.54, 1.807) is 18.4 Å². The van der Waals surface area contributed by atoms with Crippen molar-refractivity contribution in [2.24, 2.45) is 0 Å². The molecule has 0 aliphatic rings. The number of methoxy groups -OCH3 is 1. The first-order valence-corrected chi connectivity index (χ1v) is 6.59. The number of aliphatic hydroxyl groups excluding tert-OH is 1. The van der Waals surface area contributed by atoms with Gasteiger partial charge in [0, 0.05) is 30.7 Å². The number of hydrogen-bond acceptors (Lipinski definition) is 4. The van der Waals surface area contributed by atoms with Gasteiger partial charge in [0.2, 0.25) is 0 Å². The first-order valence-electron chi connectivity index (χ1n) is 5.71. The first kappa shape index (κ1) is 13.6. The zero-order valence-electron chi connectivity index (χ0n) is 9.98. The third-order valence-corrected chi connectivity index (χ3v) is 3.56. The zero-order chi connectivity index (χ0) is 11.8. The normalized spacial score (nSPS) is 14.9. The van der Waals surface area contributed by atoms with E-state index in [1.807, 2.05) is 0 Å². The van der Waals surface area contributed by atoms with Crippen LogP contribution in [0.3, 0.4) is 0 Å². The summed E-state index contributed by atoms with van der Waals surface area (Å²) >= 11 is 1.77. The smallest absolute Gasteiger partial charge is 0.0616 e. The molecule has 16 heavy (non-hydrogen) atoms. The monoisotopic (exact) mass is 243 g/mol. The second-order valence-electron chi connectivity index (χ2n) is 3.81. The van der Waals surface area contributed by atoms with E-state index in [4.69, 9.17) is 9.84 Å². The molecule has 0 amide bonds. The summed E-state index contributed by atoms with van der Waals surface area (Å²) in [6.07, 6.45) is 1.78. The Morgan fingerprint density at radius 1 is 1.56 bits per heavy atom. The zero-order valence-corrected chi connectivity index (χ0v) is 10.8. The summed E-state index contributed by atoms with van der Waals surface area (Å²) in [6.45, 7) is 3.00. The Morgan fingerprint density at radius 3 is 2.88 bits per heavy atom. The second-order valence-corrected chi connectivity index (χ2v) is 4.79. The lowest BCUT2D eigenvalue weighted by Gasteiger charge is -2.23. The molecule has 0 aromatic carbocycles. The Bertz CT molecular complexity index is 258. The molecule has 0 aliphatic heterocycles. The lowest BCUT2D eigenvalue weighted by Crippen LogP contribution is -2.36. The Morgan fingerprint density at radius 2 is 2.38 bits per heavy atom. The van der Waals surface area contributed by atoms with Crippen molar-refractivity contribution in [3.8, 4) is 0 Å². The molecule has 0 saturated heterocycles. The van der Waals surface area contributed by atoms with Gasteiger partial charge in [-0.1, -0.05) is 13.0 Å². The maximum absolute atomic E-state index is 8.99. The summed E-state index contributed by atoms with van der Waals surface area (Å²) in [5.41, 5.74) is 0. The lowest BCUT2D eigenvalue weighted by atomic mass is 10.1. The van der Waals surface area contributed by atoms with E-state index in [0.29, 0.717) is 12.6 Å². The SMILES string of the molecule is CCC(NC(CCO)COC)c1cccs1. The van der Waals surface area contributed by atoms with E-state index in [-0.39, 0.29) is 12.6 Å². The minimum atomic E-state index is 0.196. The molecule has 2 N–H and O–H groups in total. The fraction of sp³-hybridized carbons (Fsp3) is 0.667.